The van der Waals surface area contributed by atoms with Crippen LogP contribution in [-0.2, 0) is 20.8 Å². The van der Waals surface area contributed by atoms with Gasteiger partial charge >= 0.3 is 11.8 Å². The van der Waals surface area contributed by atoms with Crippen LogP contribution in [0.1, 0.15) is 37.5 Å². The summed E-state index contributed by atoms with van der Waals surface area (Å²) in [5.41, 5.74) is 2.75. The summed E-state index contributed by atoms with van der Waals surface area (Å²) < 4.78 is 4.87. The normalized spacial score (nSPS) is 14.3. The van der Waals surface area contributed by atoms with Gasteiger partial charge in [0, 0.05) is 35.9 Å². The number of hydrogen-bond donors (Lipinski definition) is 3. The second kappa shape index (κ2) is 8.91. The largest absolute Gasteiger partial charge is 0.472 e. The third-order valence-corrected chi connectivity index (χ3v) is 4.81. The summed E-state index contributed by atoms with van der Waals surface area (Å²) in [6.07, 6.45) is 3.56. The van der Waals surface area contributed by atoms with Gasteiger partial charge in [0.2, 0.25) is 5.91 Å². The Bertz CT molecular complexity index is 892. The number of benzene rings is 1. The molecule has 1 aromatic heterocycles. The first-order valence-electron chi connectivity index (χ1n) is 9.60. The molecule has 1 aliphatic heterocycles. The molecule has 154 valence electrons. The van der Waals surface area contributed by atoms with Gasteiger partial charge in [-0.2, -0.15) is 0 Å². The lowest BCUT2D eigenvalue weighted by atomic mass is 9.99. The van der Waals surface area contributed by atoms with Gasteiger partial charge in [0.15, 0.2) is 0 Å². The number of amides is 3. The third kappa shape index (κ3) is 4.83. The summed E-state index contributed by atoms with van der Waals surface area (Å²) in [7, 11) is 0. The highest BCUT2D eigenvalue weighted by Gasteiger charge is 2.25. The van der Waals surface area contributed by atoms with Crippen molar-refractivity contribution in [1.29, 1.82) is 0 Å². The van der Waals surface area contributed by atoms with Crippen molar-refractivity contribution in [2.45, 2.75) is 32.8 Å². The monoisotopic (exact) mass is 399 g/mol. The van der Waals surface area contributed by atoms with Crippen LogP contribution in [0.2, 0.25) is 0 Å². The second-order valence-electron chi connectivity index (χ2n) is 7.33. The molecule has 1 atom stereocenters. The van der Waals surface area contributed by atoms with Crippen molar-refractivity contribution in [2.75, 3.05) is 23.3 Å². The Morgan fingerprint density at radius 2 is 2.00 bits per heavy atom. The summed E-state index contributed by atoms with van der Waals surface area (Å²) in [5, 5.41) is 14.9. The molecule has 1 aromatic carbocycles. The molecule has 0 radical (unpaired) electrons. The molecular weight excluding hydrogens is 374 g/mol. The summed E-state index contributed by atoms with van der Waals surface area (Å²) in [6, 6.07) is 6.88. The van der Waals surface area contributed by atoms with E-state index in [0.29, 0.717) is 17.8 Å². The number of fused-ring (bicyclic) bond motifs is 1. The van der Waals surface area contributed by atoms with E-state index in [9.17, 15) is 19.5 Å². The molecule has 2 heterocycles. The molecule has 0 unspecified atom stereocenters. The highest BCUT2D eigenvalue weighted by molar-refractivity contribution is 6.39. The van der Waals surface area contributed by atoms with Crippen molar-refractivity contribution in [3.05, 3.63) is 47.9 Å². The fourth-order valence-electron chi connectivity index (χ4n) is 3.23. The van der Waals surface area contributed by atoms with E-state index in [2.05, 4.69) is 10.6 Å². The van der Waals surface area contributed by atoms with Crippen molar-refractivity contribution in [1.82, 2.24) is 5.32 Å². The van der Waals surface area contributed by atoms with Crippen molar-refractivity contribution in [3.8, 4) is 0 Å². The van der Waals surface area contributed by atoms with Gasteiger partial charge in [0.1, 0.15) is 0 Å². The Kier molecular flexibility index (Phi) is 6.33. The lowest BCUT2D eigenvalue weighted by Crippen LogP contribution is -2.39. The standard InChI is InChI=1S/C21H25N3O5/c1-13(2)21(28)24-8-3-4-14-5-6-16(10-17(14)24)23-20(27)19(26)22-11-18(25)15-7-9-29-12-15/h5-7,9-10,12-13,18,25H,3-4,8,11H2,1-2H3,(H,22,26)(H,23,27)/t18-/m0/s1. The Balaban J connectivity index is 1.64. The van der Waals surface area contributed by atoms with Gasteiger partial charge in [-0.3, -0.25) is 14.4 Å². The van der Waals surface area contributed by atoms with Crippen molar-refractivity contribution < 1.29 is 23.9 Å². The summed E-state index contributed by atoms with van der Waals surface area (Å²) in [6.45, 7) is 4.22. The number of carbonyl (C=O) groups excluding carboxylic acids is 3. The van der Waals surface area contributed by atoms with Crippen LogP contribution in [0.5, 0.6) is 0 Å². The van der Waals surface area contributed by atoms with E-state index < -0.39 is 17.9 Å². The van der Waals surface area contributed by atoms with E-state index in [4.69, 9.17) is 4.42 Å². The van der Waals surface area contributed by atoms with Crippen LogP contribution in [0.15, 0.2) is 41.2 Å². The minimum atomic E-state index is -0.968. The molecule has 0 fully saturated rings. The number of hydrogen-bond acceptors (Lipinski definition) is 5. The molecule has 1 aliphatic rings. The fourth-order valence-corrected chi connectivity index (χ4v) is 3.23. The highest BCUT2D eigenvalue weighted by atomic mass is 16.3. The maximum absolute atomic E-state index is 12.5. The number of nitrogens with zero attached hydrogens (tertiary/aromatic N) is 1. The average Bonchev–Trinajstić information content (AvgIpc) is 3.25. The first-order chi connectivity index (χ1) is 13.9. The van der Waals surface area contributed by atoms with Crippen LogP contribution < -0.4 is 15.5 Å². The quantitative estimate of drug-likeness (QED) is 0.666. The predicted octanol–water partition coefficient (Wildman–Crippen LogP) is 2.00. The highest BCUT2D eigenvalue weighted by Crippen LogP contribution is 2.31. The number of aryl methyl sites for hydroxylation is 1. The van der Waals surface area contributed by atoms with E-state index in [-0.39, 0.29) is 18.4 Å². The second-order valence-corrected chi connectivity index (χ2v) is 7.33. The first-order valence-corrected chi connectivity index (χ1v) is 9.60. The zero-order chi connectivity index (χ0) is 21.0. The number of carbonyl (C=O) groups is 3. The van der Waals surface area contributed by atoms with E-state index in [1.54, 1.807) is 23.1 Å². The van der Waals surface area contributed by atoms with Crippen LogP contribution in [0.4, 0.5) is 11.4 Å². The maximum Gasteiger partial charge on any atom is 0.313 e. The molecule has 3 rings (SSSR count). The van der Waals surface area contributed by atoms with Crippen LogP contribution in [0.3, 0.4) is 0 Å². The number of nitrogens with one attached hydrogen (secondary N) is 2. The van der Waals surface area contributed by atoms with Crippen molar-refractivity contribution in [2.24, 2.45) is 5.92 Å². The minimum Gasteiger partial charge on any atom is -0.472 e. The van der Waals surface area contributed by atoms with Crippen LogP contribution in [0, 0.1) is 5.92 Å². The molecule has 0 spiro atoms. The number of rotatable bonds is 5. The van der Waals surface area contributed by atoms with Gasteiger partial charge in [-0.05, 0) is 36.6 Å². The first kappa shape index (κ1) is 20.6. The lowest BCUT2D eigenvalue weighted by Gasteiger charge is -2.31. The zero-order valence-corrected chi connectivity index (χ0v) is 16.5. The Morgan fingerprint density at radius 3 is 2.69 bits per heavy atom. The Hall–Kier alpha value is -3.13. The fraction of sp³-hybridized carbons (Fsp3) is 0.381. The molecule has 3 amide bonds. The van der Waals surface area contributed by atoms with Gasteiger partial charge in [-0.15, -0.1) is 0 Å². The van der Waals surface area contributed by atoms with Crippen molar-refractivity contribution >= 4 is 29.1 Å². The topological polar surface area (TPSA) is 112 Å². The summed E-state index contributed by atoms with van der Waals surface area (Å²) in [5.74, 6) is -1.81. The molecule has 3 N–H and O–H groups in total. The maximum atomic E-state index is 12.5. The van der Waals surface area contributed by atoms with Gasteiger partial charge in [-0.25, -0.2) is 0 Å². The zero-order valence-electron chi connectivity index (χ0n) is 16.5. The van der Waals surface area contributed by atoms with Gasteiger partial charge in [0.25, 0.3) is 0 Å². The number of anilines is 2. The van der Waals surface area contributed by atoms with Gasteiger partial charge in [0.05, 0.1) is 18.6 Å². The smallest absolute Gasteiger partial charge is 0.313 e. The molecule has 2 aromatic rings. The molecule has 0 saturated carbocycles. The van der Waals surface area contributed by atoms with E-state index in [1.807, 2.05) is 19.9 Å². The molecule has 29 heavy (non-hydrogen) atoms. The predicted molar refractivity (Wildman–Crippen MR) is 107 cm³/mol. The lowest BCUT2D eigenvalue weighted by molar-refractivity contribution is -0.136. The van der Waals surface area contributed by atoms with E-state index in [1.165, 1.54) is 12.5 Å². The Morgan fingerprint density at radius 1 is 1.21 bits per heavy atom. The van der Waals surface area contributed by atoms with Gasteiger partial charge < -0.3 is 25.1 Å². The number of aliphatic hydroxyl groups excluding tert-OH is 1. The molecule has 0 saturated heterocycles. The average molecular weight is 399 g/mol. The molecule has 0 aliphatic carbocycles. The SMILES string of the molecule is CC(C)C(=O)N1CCCc2ccc(NC(=O)C(=O)NC[C@H](O)c3ccoc3)cc21. The molecule has 0 bridgehead atoms. The van der Waals surface area contributed by atoms with Crippen molar-refractivity contribution in [3.63, 3.8) is 0 Å². The minimum absolute atomic E-state index is 0.0282. The summed E-state index contributed by atoms with van der Waals surface area (Å²) >= 11 is 0. The van der Waals surface area contributed by atoms with Gasteiger partial charge in [-0.1, -0.05) is 19.9 Å². The molecule has 8 heteroatoms. The van der Waals surface area contributed by atoms with E-state index in [0.717, 1.165) is 24.1 Å². The molecule has 8 nitrogen and oxygen atoms in total. The number of furan rings is 1. The summed E-state index contributed by atoms with van der Waals surface area (Å²) in [4.78, 5) is 38.5. The van der Waals surface area contributed by atoms with Crippen LogP contribution >= 0.6 is 0 Å². The Labute approximate surface area is 168 Å². The van der Waals surface area contributed by atoms with Crippen LogP contribution in [-0.4, -0.2) is 35.9 Å². The van der Waals surface area contributed by atoms with Crippen LogP contribution in [0.25, 0.3) is 0 Å². The molecular formula is C21H25N3O5. The third-order valence-electron chi connectivity index (χ3n) is 4.81. The van der Waals surface area contributed by atoms with E-state index >= 15 is 0 Å². The number of aliphatic hydroxyl groups is 1.